The van der Waals surface area contributed by atoms with Gasteiger partial charge in [0, 0.05) is 23.8 Å². The van der Waals surface area contributed by atoms with Crippen LogP contribution in [-0.4, -0.2) is 18.2 Å². The Morgan fingerprint density at radius 3 is 2.65 bits per heavy atom. The maximum absolute atomic E-state index is 12.6. The highest BCUT2D eigenvalue weighted by Crippen LogP contribution is 2.36. The molecular weight excluding hydrogens is 290 g/mol. The highest BCUT2D eigenvalue weighted by molar-refractivity contribution is 6.26. The van der Waals surface area contributed by atoms with Crippen LogP contribution in [0, 0.1) is 0 Å². The van der Waals surface area contributed by atoms with Crippen LogP contribution in [0.25, 0.3) is 10.8 Å². The second kappa shape index (κ2) is 5.39. The van der Waals surface area contributed by atoms with Gasteiger partial charge >= 0.3 is 0 Å². The number of benzene rings is 2. The molecule has 1 aromatic heterocycles. The number of aryl methyl sites for hydroxylation is 1. The summed E-state index contributed by atoms with van der Waals surface area (Å²) in [6, 6.07) is 15.1. The van der Waals surface area contributed by atoms with Crippen LogP contribution in [0.3, 0.4) is 0 Å². The van der Waals surface area contributed by atoms with E-state index in [1.54, 1.807) is 17.2 Å². The molecule has 4 rings (SSSR count). The van der Waals surface area contributed by atoms with Crippen molar-refractivity contribution < 1.29 is 14.0 Å². The molecule has 0 atom stereocenters. The fraction of sp³-hybridized carbons (Fsp3) is 0.158. The van der Waals surface area contributed by atoms with Gasteiger partial charge in [-0.25, -0.2) is 0 Å². The molecule has 23 heavy (non-hydrogen) atoms. The molecule has 1 amide bonds. The average molecular weight is 305 g/mol. The van der Waals surface area contributed by atoms with Crippen molar-refractivity contribution in [1.82, 2.24) is 0 Å². The zero-order valence-electron chi connectivity index (χ0n) is 12.5. The molecule has 4 heteroatoms. The van der Waals surface area contributed by atoms with Crippen molar-refractivity contribution in [3.05, 3.63) is 66.1 Å². The number of nitrogens with zero attached hydrogens (tertiary/aromatic N) is 1. The Bertz CT molecular complexity index is 891. The van der Waals surface area contributed by atoms with E-state index >= 15 is 0 Å². The van der Waals surface area contributed by atoms with Crippen molar-refractivity contribution >= 4 is 28.2 Å². The Morgan fingerprint density at radius 2 is 1.87 bits per heavy atom. The van der Waals surface area contributed by atoms with Gasteiger partial charge in [0.25, 0.3) is 5.91 Å². The predicted octanol–water partition coefficient (Wildman–Crippen LogP) is 3.59. The molecule has 0 bridgehead atoms. The van der Waals surface area contributed by atoms with E-state index in [0.717, 1.165) is 22.2 Å². The lowest BCUT2D eigenvalue weighted by Crippen LogP contribution is -2.32. The molecule has 0 fully saturated rings. The minimum absolute atomic E-state index is 0.0274. The maximum Gasteiger partial charge on any atom is 0.259 e. The molecule has 0 spiro atoms. The third-order valence-electron chi connectivity index (χ3n) is 4.21. The molecular formula is C19H15NO3. The molecule has 2 aromatic carbocycles. The summed E-state index contributed by atoms with van der Waals surface area (Å²) in [7, 11) is 0. The monoisotopic (exact) mass is 305 g/mol. The summed E-state index contributed by atoms with van der Waals surface area (Å²) in [5, 5.41) is 1.97. The Balaban J connectivity index is 1.55. The molecule has 114 valence electrons. The van der Waals surface area contributed by atoms with Gasteiger partial charge in [-0.3, -0.25) is 9.59 Å². The number of carbonyl (C=O) groups is 2. The zero-order chi connectivity index (χ0) is 15.8. The summed E-state index contributed by atoms with van der Waals surface area (Å²) in [5.41, 5.74) is 1.51. The number of hydrogen-bond donors (Lipinski definition) is 0. The maximum atomic E-state index is 12.6. The van der Waals surface area contributed by atoms with Crippen LogP contribution in [0.4, 0.5) is 5.69 Å². The Hall–Kier alpha value is -2.88. The molecule has 1 aliphatic rings. The molecule has 0 radical (unpaired) electrons. The van der Waals surface area contributed by atoms with E-state index in [2.05, 4.69) is 0 Å². The average Bonchev–Trinajstić information content (AvgIpc) is 3.17. The highest BCUT2D eigenvalue weighted by Gasteiger charge is 2.30. The summed E-state index contributed by atoms with van der Waals surface area (Å²) < 4.78 is 5.24. The van der Waals surface area contributed by atoms with E-state index < -0.39 is 0 Å². The van der Waals surface area contributed by atoms with Crippen molar-refractivity contribution in [1.29, 1.82) is 0 Å². The van der Waals surface area contributed by atoms with E-state index in [9.17, 15) is 9.59 Å². The fourth-order valence-electron chi connectivity index (χ4n) is 3.11. The predicted molar refractivity (Wildman–Crippen MR) is 87.7 cm³/mol. The molecule has 3 aromatic rings. The largest absolute Gasteiger partial charge is 0.469 e. The number of carbonyl (C=O) groups excluding carboxylic acids is 2. The number of amides is 1. The van der Waals surface area contributed by atoms with Gasteiger partial charge in [0.2, 0.25) is 0 Å². The molecule has 0 saturated carbocycles. The number of hydrogen-bond acceptors (Lipinski definition) is 3. The first-order valence-electron chi connectivity index (χ1n) is 7.62. The number of ketones is 1. The second-order valence-electron chi connectivity index (χ2n) is 5.69. The van der Waals surface area contributed by atoms with E-state index in [4.69, 9.17) is 4.42 Å². The lowest BCUT2D eigenvalue weighted by Gasteiger charge is -2.16. The van der Waals surface area contributed by atoms with Crippen LogP contribution in [0.1, 0.15) is 22.5 Å². The molecule has 0 aliphatic carbocycles. The first-order valence-corrected chi connectivity index (χ1v) is 7.62. The zero-order valence-corrected chi connectivity index (χ0v) is 12.5. The quantitative estimate of drug-likeness (QED) is 0.723. The van der Waals surface area contributed by atoms with Crippen molar-refractivity contribution in [2.75, 3.05) is 11.4 Å². The summed E-state index contributed by atoms with van der Waals surface area (Å²) in [5.74, 6) is 0.721. The van der Waals surface area contributed by atoms with Crippen molar-refractivity contribution in [2.45, 2.75) is 12.8 Å². The fourth-order valence-corrected chi connectivity index (χ4v) is 3.11. The molecule has 0 unspecified atom stereocenters. The minimum atomic E-state index is -0.0943. The Labute approximate surface area is 133 Å². The van der Waals surface area contributed by atoms with Gasteiger partial charge in [-0.1, -0.05) is 24.3 Å². The van der Waals surface area contributed by atoms with E-state index in [-0.39, 0.29) is 18.2 Å². The number of furan rings is 1. The molecule has 0 N–H and O–H groups in total. The van der Waals surface area contributed by atoms with Crippen LogP contribution in [0.5, 0.6) is 0 Å². The smallest absolute Gasteiger partial charge is 0.259 e. The van der Waals surface area contributed by atoms with Crippen LogP contribution in [0.15, 0.2) is 59.2 Å². The first kappa shape index (κ1) is 13.8. The third kappa shape index (κ3) is 2.32. The Kier molecular flexibility index (Phi) is 3.23. The Morgan fingerprint density at radius 1 is 1.04 bits per heavy atom. The van der Waals surface area contributed by atoms with Gasteiger partial charge in [0.05, 0.1) is 18.5 Å². The molecule has 1 aliphatic heterocycles. The number of Topliss-reactive ketones (excluding diaryl/α,β-unsaturated/α-hetero) is 1. The van der Waals surface area contributed by atoms with E-state index in [1.807, 2.05) is 42.5 Å². The molecule has 2 heterocycles. The summed E-state index contributed by atoms with van der Waals surface area (Å²) in [4.78, 5) is 26.5. The first-order chi connectivity index (χ1) is 11.2. The number of rotatable bonds is 5. The standard InChI is InChI=1S/C19H15NO3/c21-14(9-10-15-6-3-11-23-15)12-20-17-8-2-5-13-4-1-7-16(18(13)17)19(20)22/h1-8,11H,9-10,12H2. The van der Waals surface area contributed by atoms with Gasteiger partial charge < -0.3 is 9.32 Å². The third-order valence-corrected chi connectivity index (χ3v) is 4.21. The summed E-state index contributed by atoms with van der Waals surface area (Å²) in [6.07, 6.45) is 2.52. The van der Waals surface area contributed by atoms with Crippen LogP contribution >= 0.6 is 0 Å². The molecule has 4 nitrogen and oxygen atoms in total. The van der Waals surface area contributed by atoms with Crippen molar-refractivity contribution in [3.63, 3.8) is 0 Å². The molecule has 0 saturated heterocycles. The lowest BCUT2D eigenvalue weighted by molar-refractivity contribution is -0.117. The second-order valence-corrected chi connectivity index (χ2v) is 5.69. The number of anilines is 1. The van der Waals surface area contributed by atoms with Crippen LogP contribution in [0.2, 0.25) is 0 Å². The van der Waals surface area contributed by atoms with Gasteiger partial charge in [0.15, 0.2) is 5.78 Å². The minimum Gasteiger partial charge on any atom is -0.469 e. The summed E-state index contributed by atoms with van der Waals surface area (Å²) in [6.45, 7) is 0.104. The van der Waals surface area contributed by atoms with E-state index in [0.29, 0.717) is 18.4 Å². The van der Waals surface area contributed by atoms with Gasteiger partial charge in [-0.05, 0) is 29.7 Å². The SMILES string of the molecule is O=C(CCc1ccco1)CN1C(=O)c2cccc3cccc1c23. The van der Waals surface area contributed by atoms with Crippen LogP contribution in [-0.2, 0) is 11.2 Å². The van der Waals surface area contributed by atoms with Crippen molar-refractivity contribution in [3.8, 4) is 0 Å². The normalized spacial score (nSPS) is 13.0. The van der Waals surface area contributed by atoms with E-state index in [1.165, 1.54) is 0 Å². The van der Waals surface area contributed by atoms with Gasteiger partial charge in [-0.2, -0.15) is 0 Å². The lowest BCUT2D eigenvalue weighted by atomic mass is 10.1. The van der Waals surface area contributed by atoms with Crippen molar-refractivity contribution in [2.24, 2.45) is 0 Å². The topological polar surface area (TPSA) is 50.5 Å². The van der Waals surface area contributed by atoms with Gasteiger partial charge in [0.1, 0.15) is 5.76 Å². The van der Waals surface area contributed by atoms with Gasteiger partial charge in [-0.15, -0.1) is 0 Å². The highest BCUT2D eigenvalue weighted by atomic mass is 16.3. The summed E-state index contributed by atoms with van der Waals surface area (Å²) >= 11 is 0. The van der Waals surface area contributed by atoms with Crippen LogP contribution < -0.4 is 4.90 Å².